The Morgan fingerprint density at radius 1 is 1.29 bits per heavy atom. The van der Waals surface area contributed by atoms with Gasteiger partial charge in [-0.1, -0.05) is 17.7 Å². The molecule has 96 valence electrons. The van der Waals surface area contributed by atoms with Crippen molar-refractivity contribution in [1.82, 2.24) is 0 Å². The molecule has 0 amide bonds. The third-order valence-electron chi connectivity index (χ3n) is 1.72. The Morgan fingerprint density at radius 2 is 1.82 bits per heavy atom. The van der Waals surface area contributed by atoms with Crippen molar-refractivity contribution in [2.45, 2.75) is 12.4 Å². The van der Waals surface area contributed by atoms with Crippen molar-refractivity contribution in [1.29, 1.82) is 0 Å². The van der Waals surface area contributed by atoms with Crippen LogP contribution in [0.25, 0.3) is 0 Å². The first kappa shape index (κ1) is 14.0. The molecule has 0 aliphatic rings. The van der Waals surface area contributed by atoms with Gasteiger partial charge in [-0.2, -0.15) is 21.6 Å². The standard InChI is InChI=1S/C8H5ClF4O3S/c1-4-2-3-5(10)7(6(4)9)16-17(14,15)8(11,12)13/h2-3H,1H3. The van der Waals surface area contributed by atoms with Gasteiger partial charge in [0.25, 0.3) is 0 Å². The molecule has 1 aromatic rings. The molecule has 17 heavy (non-hydrogen) atoms. The van der Waals surface area contributed by atoms with E-state index in [9.17, 15) is 26.0 Å². The third kappa shape index (κ3) is 2.81. The van der Waals surface area contributed by atoms with Crippen molar-refractivity contribution < 1.29 is 30.2 Å². The lowest BCUT2D eigenvalue weighted by Crippen LogP contribution is -2.28. The van der Waals surface area contributed by atoms with Gasteiger partial charge in [-0.05, 0) is 18.6 Å². The van der Waals surface area contributed by atoms with Crippen LogP contribution in [0.1, 0.15) is 5.56 Å². The van der Waals surface area contributed by atoms with Crippen molar-refractivity contribution in [2.24, 2.45) is 0 Å². The molecule has 1 aromatic carbocycles. The van der Waals surface area contributed by atoms with Crippen LogP contribution < -0.4 is 4.18 Å². The third-order valence-corrected chi connectivity index (χ3v) is 3.14. The maximum Gasteiger partial charge on any atom is 0.534 e. The lowest BCUT2D eigenvalue weighted by atomic mass is 10.2. The lowest BCUT2D eigenvalue weighted by molar-refractivity contribution is -0.0500. The smallest absolute Gasteiger partial charge is 0.371 e. The molecule has 0 atom stereocenters. The molecule has 0 heterocycles. The van der Waals surface area contributed by atoms with E-state index >= 15 is 0 Å². The molecule has 0 aliphatic heterocycles. The normalized spacial score (nSPS) is 12.6. The first-order valence-electron chi connectivity index (χ1n) is 4.01. The largest absolute Gasteiger partial charge is 0.534 e. The van der Waals surface area contributed by atoms with Gasteiger partial charge in [0.1, 0.15) is 0 Å². The topological polar surface area (TPSA) is 43.4 Å². The van der Waals surface area contributed by atoms with Gasteiger partial charge in [-0.3, -0.25) is 0 Å². The van der Waals surface area contributed by atoms with Gasteiger partial charge in [-0.25, -0.2) is 4.39 Å². The zero-order valence-corrected chi connectivity index (χ0v) is 9.75. The molecular weight excluding hydrogens is 288 g/mol. The lowest BCUT2D eigenvalue weighted by Gasteiger charge is -2.12. The van der Waals surface area contributed by atoms with Gasteiger partial charge < -0.3 is 4.18 Å². The van der Waals surface area contributed by atoms with Crippen LogP contribution in [0.15, 0.2) is 12.1 Å². The molecule has 0 N–H and O–H groups in total. The molecule has 0 fully saturated rings. The summed E-state index contributed by atoms with van der Waals surface area (Å²) >= 11 is 5.46. The molecule has 0 bridgehead atoms. The van der Waals surface area contributed by atoms with Crippen LogP contribution in [-0.4, -0.2) is 13.9 Å². The van der Waals surface area contributed by atoms with Gasteiger partial charge in [0.15, 0.2) is 11.6 Å². The maximum atomic E-state index is 13.1. The van der Waals surface area contributed by atoms with Gasteiger partial charge in [0, 0.05) is 0 Å². The summed E-state index contributed by atoms with van der Waals surface area (Å²) in [5.41, 5.74) is -5.47. The van der Waals surface area contributed by atoms with E-state index < -0.39 is 32.2 Å². The number of aryl methyl sites for hydroxylation is 1. The first-order valence-corrected chi connectivity index (χ1v) is 5.80. The molecule has 1 rings (SSSR count). The number of hydrogen-bond acceptors (Lipinski definition) is 3. The molecule has 9 heteroatoms. The summed E-state index contributed by atoms with van der Waals surface area (Å²) in [5, 5.41) is -0.530. The Kier molecular flexibility index (Phi) is 3.58. The Balaban J connectivity index is 3.27. The molecule has 0 aliphatic carbocycles. The monoisotopic (exact) mass is 292 g/mol. The predicted octanol–water partition coefficient (Wildman–Crippen LogP) is 3.02. The van der Waals surface area contributed by atoms with Gasteiger partial charge in [0.2, 0.25) is 0 Å². The minimum Gasteiger partial charge on any atom is -0.371 e. The molecule has 3 nitrogen and oxygen atoms in total. The average molecular weight is 293 g/mol. The van der Waals surface area contributed by atoms with Crippen LogP contribution in [0.4, 0.5) is 17.6 Å². The Labute approximate surface area is 99.1 Å². The van der Waals surface area contributed by atoms with Crippen LogP contribution in [0.2, 0.25) is 5.02 Å². The summed E-state index contributed by atoms with van der Waals surface area (Å²) in [6.07, 6.45) is 0. The Bertz CT molecular complexity index is 538. The molecule has 0 radical (unpaired) electrons. The van der Waals surface area contributed by atoms with Crippen LogP contribution in [-0.2, 0) is 10.1 Å². The van der Waals surface area contributed by atoms with Crippen LogP contribution in [0.3, 0.4) is 0 Å². The van der Waals surface area contributed by atoms with Crippen LogP contribution in [0, 0.1) is 12.7 Å². The highest BCUT2D eigenvalue weighted by Crippen LogP contribution is 2.35. The summed E-state index contributed by atoms with van der Waals surface area (Å²) in [7, 11) is -5.94. The van der Waals surface area contributed by atoms with Gasteiger partial charge >= 0.3 is 15.6 Å². The fourth-order valence-corrected chi connectivity index (χ4v) is 1.58. The summed E-state index contributed by atoms with van der Waals surface area (Å²) in [5.74, 6) is -2.46. The minimum atomic E-state index is -5.94. The predicted molar refractivity (Wildman–Crippen MR) is 51.7 cm³/mol. The highest BCUT2D eigenvalue weighted by Gasteiger charge is 2.49. The fraction of sp³-hybridized carbons (Fsp3) is 0.250. The van der Waals surface area contributed by atoms with Gasteiger partial charge in [0.05, 0.1) is 5.02 Å². The van der Waals surface area contributed by atoms with Crippen LogP contribution in [0.5, 0.6) is 5.75 Å². The van der Waals surface area contributed by atoms with Crippen molar-refractivity contribution in [3.05, 3.63) is 28.5 Å². The highest BCUT2D eigenvalue weighted by molar-refractivity contribution is 7.88. The number of alkyl halides is 3. The Hall–Kier alpha value is -1.02. The minimum absolute atomic E-state index is 0.181. The second-order valence-corrected chi connectivity index (χ2v) is 4.91. The van der Waals surface area contributed by atoms with Crippen molar-refractivity contribution in [3.63, 3.8) is 0 Å². The van der Waals surface area contributed by atoms with E-state index in [1.54, 1.807) is 0 Å². The summed E-state index contributed by atoms with van der Waals surface area (Å²) in [4.78, 5) is 0. The van der Waals surface area contributed by atoms with E-state index in [0.717, 1.165) is 6.07 Å². The summed E-state index contributed by atoms with van der Waals surface area (Å²) < 4.78 is 74.1. The number of benzene rings is 1. The van der Waals surface area contributed by atoms with E-state index in [1.807, 2.05) is 0 Å². The second kappa shape index (κ2) is 4.34. The molecule has 0 saturated carbocycles. The van der Waals surface area contributed by atoms with E-state index in [-0.39, 0.29) is 5.56 Å². The maximum absolute atomic E-state index is 13.1. The van der Waals surface area contributed by atoms with E-state index in [1.165, 1.54) is 13.0 Å². The van der Waals surface area contributed by atoms with Crippen molar-refractivity contribution >= 4 is 21.7 Å². The summed E-state index contributed by atoms with van der Waals surface area (Å²) in [6.45, 7) is 1.36. The summed E-state index contributed by atoms with van der Waals surface area (Å²) in [6, 6.07) is 1.92. The zero-order valence-electron chi connectivity index (χ0n) is 8.18. The van der Waals surface area contributed by atoms with E-state index in [2.05, 4.69) is 4.18 Å². The molecular formula is C8H5ClF4O3S. The second-order valence-electron chi connectivity index (χ2n) is 2.99. The molecule has 0 aromatic heterocycles. The molecule has 0 unspecified atom stereocenters. The number of rotatable bonds is 2. The molecule has 0 spiro atoms. The first-order chi connectivity index (χ1) is 7.56. The zero-order chi connectivity index (χ0) is 13.4. The quantitative estimate of drug-likeness (QED) is 0.478. The van der Waals surface area contributed by atoms with Crippen molar-refractivity contribution in [3.8, 4) is 5.75 Å². The highest BCUT2D eigenvalue weighted by atomic mass is 35.5. The molecule has 0 saturated heterocycles. The van der Waals surface area contributed by atoms with Crippen LogP contribution >= 0.6 is 11.6 Å². The van der Waals surface area contributed by atoms with E-state index in [4.69, 9.17) is 11.6 Å². The Morgan fingerprint density at radius 3 is 2.29 bits per heavy atom. The SMILES string of the molecule is Cc1ccc(F)c(OS(=O)(=O)C(F)(F)F)c1Cl. The van der Waals surface area contributed by atoms with E-state index in [0.29, 0.717) is 0 Å². The number of halogens is 5. The van der Waals surface area contributed by atoms with Crippen molar-refractivity contribution in [2.75, 3.05) is 0 Å². The van der Waals surface area contributed by atoms with Gasteiger partial charge in [-0.15, -0.1) is 0 Å². The fourth-order valence-electron chi connectivity index (χ4n) is 0.864. The number of hydrogen-bond donors (Lipinski definition) is 0. The average Bonchev–Trinajstić information content (AvgIpc) is 2.17.